The fourth-order valence-corrected chi connectivity index (χ4v) is 3.33. The zero-order valence-corrected chi connectivity index (χ0v) is 14.5. The number of hydrogen-bond acceptors (Lipinski definition) is 3. The van der Waals surface area contributed by atoms with Crippen molar-refractivity contribution in [3.63, 3.8) is 0 Å². The Balaban J connectivity index is 1.54. The minimum Gasteiger partial charge on any atom is -0.272 e. The fourth-order valence-electron chi connectivity index (χ4n) is 3.33. The second-order valence-corrected chi connectivity index (χ2v) is 6.37. The minimum absolute atomic E-state index is 0.129. The second kappa shape index (κ2) is 6.95. The topological polar surface area (TPSA) is 70.1 Å². The number of hydrazone groups is 1. The molecule has 1 heterocycles. The van der Waals surface area contributed by atoms with E-state index in [0.29, 0.717) is 6.42 Å². The highest BCUT2D eigenvalue weighted by Gasteiger charge is 2.32. The number of fused-ring (bicyclic) bond motifs is 3. The number of nitrogens with zero attached hydrogens (tertiary/aromatic N) is 2. The Morgan fingerprint density at radius 2 is 1.86 bits per heavy atom. The Morgan fingerprint density at radius 3 is 2.68 bits per heavy atom. The number of aryl methyl sites for hydroxylation is 1. The summed E-state index contributed by atoms with van der Waals surface area (Å²) in [7, 11) is 0. The van der Waals surface area contributed by atoms with Gasteiger partial charge in [-0.1, -0.05) is 42.5 Å². The predicted molar refractivity (Wildman–Crippen MR) is 97.9 cm³/mol. The molecule has 0 aliphatic heterocycles. The van der Waals surface area contributed by atoms with Crippen LogP contribution in [-0.2, 0) is 19.0 Å². The molecule has 2 N–H and O–H groups in total. The zero-order chi connectivity index (χ0) is 19.7. The molecule has 0 radical (unpaired) electrons. The van der Waals surface area contributed by atoms with Gasteiger partial charge in [-0.25, -0.2) is 5.43 Å². The number of aromatic nitrogens is 2. The van der Waals surface area contributed by atoms with Crippen molar-refractivity contribution in [1.82, 2.24) is 15.6 Å². The molecule has 28 heavy (non-hydrogen) atoms. The number of amides is 1. The van der Waals surface area contributed by atoms with Gasteiger partial charge in [0, 0.05) is 16.7 Å². The van der Waals surface area contributed by atoms with Crippen LogP contribution in [0, 0.1) is 0 Å². The molecule has 0 spiro atoms. The predicted octanol–water partition coefficient (Wildman–Crippen LogP) is 3.96. The van der Waals surface area contributed by atoms with Crippen molar-refractivity contribution in [2.75, 3.05) is 0 Å². The minimum atomic E-state index is -4.50. The third-order valence-corrected chi connectivity index (χ3v) is 4.65. The van der Waals surface area contributed by atoms with Gasteiger partial charge in [-0.3, -0.25) is 9.89 Å². The standard InChI is InChI=1S/C20H15F3N4O/c21-20(22,23)16-8-4-2-6-13(16)11-24-27-19(28)18-15-10-9-12-5-1-3-7-14(12)17(15)25-26-18/h1-8,11H,9-10H2,(H,25,26)(H,27,28)/b24-11+. The van der Waals surface area contributed by atoms with Gasteiger partial charge in [0.25, 0.3) is 5.91 Å². The maximum absolute atomic E-state index is 13.0. The molecule has 8 heteroatoms. The zero-order valence-electron chi connectivity index (χ0n) is 14.5. The van der Waals surface area contributed by atoms with Gasteiger partial charge in [0.05, 0.1) is 17.5 Å². The number of halogens is 3. The average Bonchev–Trinajstić information content (AvgIpc) is 3.12. The summed E-state index contributed by atoms with van der Waals surface area (Å²) in [4.78, 5) is 12.4. The van der Waals surface area contributed by atoms with Crippen molar-refractivity contribution >= 4 is 12.1 Å². The monoisotopic (exact) mass is 384 g/mol. The Hall–Kier alpha value is -3.42. The summed E-state index contributed by atoms with van der Waals surface area (Å²) < 4.78 is 39.0. The first-order valence-electron chi connectivity index (χ1n) is 8.60. The lowest BCUT2D eigenvalue weighted by Crippen LogP contribution is -2.20. The van der Waals surface area contributed by atoms with E-state index in [4.69, 9.17) is 0 Å². The van der Waals surface area contributed by atoms with E-state index in [1.807, 2.05) is 24.3 Å². The normalized spacial score (nSPS) is 13.2. The molecule has 0 saturated heterocycles. The van der Waals surface area contributed by atoms with Crippen molar-refractivity contribution in [1.29, 1.82) is 0 Å². The molecule has 3 aromatic rings. The molecule has 0 atom stereocenters. The van der Waals surface area contributed by atoms with Crippen molar-refractivity contribution in [2.45, 2.75) is 19.0 Å². The number of aromatic amines is 1. The van der Waals surface area contributed by atoms with Crippen LogP contribution in [0.5, 0.6) is 0 Å². The highest BCUT2D eigenvalue weighted by Crippen LogP contribution is 2.33. The maximum Gasteiger partial charge on any atom is 0.417 e. The van der Waals surface area contributed by atoms with E-state index >= 15 is 0 Å². The number of H-pyrrole nitrogens is 1. The second-order valence-electron chi connectivity index (χ2n) is 6.37. The summed E-state index contributed by atoms with van der Waals surface area (Å²) >= 11 is 0. The number of nitrogens with one attached hydrogen (secondary N) is 2. The number of carbonyl (C=O) groups is 1. The third kappa shape index (κ3) is 3.28. The van der Waals surface area contributed by atoms with Crippen LogP contribution in [0.15, 0.2) is 53.6 Å². The summed E-state index contributed by atoms with van der Waals surface area (Å²) in [6.07, 6.45) is -2.08. The smallest absolute Gasteiger partial charge is 0.272 e. The molecule has 0 unspecified atom stereocenters. The molecule has 4 rings (SSSR count). The van der Waals surface area contributed by atoms with E-state index in [-0.39, 0.29) is 11.3 Å². The Labute approximate surface area is 158 Å². The molecule has 1 aliphatic rings. The summed E-state index contributed by atoms with van der Waals surface area (Å²) in [5.41, 5.74) is 5.24. The van der Waals surface area contributed by atoms with E-state index in [1.54, 1.807) is 0 Å². The lowest BCUT2D eigenvalue weighted by atomic mass is 9.89. The van der Waals surface area contributed by atoms with Crippen LogP contribution in [0.4, 0.5) is 13.2 Å². The third-order valence-electron chi connectivity index (χ3n) is 4.65. The van der Waals surface area contributed by atoms with Crippen molar-refractivity contribution in [2.24, 2.45) is 5.10 Å². The van der Waals surface area contributed by atoms with Gasteiger partial charge in [-0.05, 0) is 24.5 Å². The van der Waals surface area contributed by atoms with E-state index in [9.17, 15) is 18.0 Å². The van der Waals surface area contributed by atoms with E-state index in [1.165, 1.54) is 18.2 Å². The molecular formula is C20H15F3N4O. The van der Waals surface area contributed by atoms with Crippen molar-refractivity contribution in [3.05, 3.63) is 76.5 Å². The van der Waals surface area contributed by atoms with Crippen LogP contribution in [0.2, 0.25) is 0 Å². The van der Waals surface area contributed by atoms with Crippen LogP contribution >= 0.6 is 0 Å². The Morgan fingerprint density at radius 1 is 1.11 bits per heavy atom. The number of alkyl halides is 3. The SMILES string of the molecule is O=C(N/N=C/c1ccccc1C(F)(F)F)c1[nH]nc2c1CCc1ccccc1-2. The number of carbonyl (C=O) groups excluding carboxylic acids is 1. The van der Waals surface area contributed by atoms with Crippen LogP contribution in [-0.4, -0.2) is 22.3 Å². The highest BCUT2D eigenvalue weighted by molar-refractivity contribution is 5.96. The quantitative estimate of drug-likeness (QED) is 0.530. The maximum atomic E-state index is 13.0. The molecule has 1 aliphatic carbocycles. The Kier molecular flexibility index (Phi) is 4.46. The van der Waals surface area contributed by atoms with Crippen LogP contribution in [0.3, 0.4) is 0 Å². The largest absolute Gasteiger partial charge is 0.417 e. The number of rotatable bonds is 3. The summed E-state index contributed by atoms with van der Waals surface area (Å²) in [6.45, 7) is 0. The number of benzene rings is 2. The first kappa shape index (κ1) is 18.0. The van der Waals surface area contributed by atoms with E-state index in [0.717, 1.165) is 41.1 Å². The van der Waals surface area contributed by atoms with Gasteiger partial charge < -0.3 is 0 Å². The van der Waals surface area contributed by atoms with Gasteiger partial charge in [0.2, 0.25) is 0 Å². The lowest BCUT2D eigenvalue weighted by Gasteiger charge is -2.15. The first-order chi connectivity index (χ1) is 13.4. The molecule has 1 aromatic heterocycles. The first-order valence-corrected chi connectivity index (χ1v) is 8.60. The van der Waals surface area contributed by atoms with Crippen LogP contribution < -0.4 is 5.43 Å². The van der Waals surface area contributed by atoms with Gasteiger partial charge in [-0.15, -0.1) is 0 Å². The van der Waals surface area contributed by atoms with E-state index < -0.39 is 17.6 Å². The molecule has 0 fully saturated rings. The summed E-state index contributed by atoms with van der Waals surface area (Å²) in [5, 5.41) is 10.7. The Bertz CT molecular complexity index is 1070. The van der Waals surface area contributed by atoms with Gasteiger partial charge in [0.1, 0.15) is 5.69 Å². The molecule has 1 amide bonds. The summed E-state index contributed by atoms with van der Waals surface area (Å²) in [6, 6.07) is 12.9. The van der Waals surface area contributed by atoms with Crippen LogP contribution in [0.1, 0.15) is 32.7 Å². The summed E-state index contributed by atoms with van der Waals surface area (Å²) in [5.74, 6) is -0.547. The molecule has 142 valence electrons. The van der Waals surface area contributed by atoms with E-state index in [2.05, 4.69) is 20.7 Å². The molecular weight excluding hydrogens is 369 g/mol. The molecule has 0 saturated carbocycles. The average molecular weight is 384 g/mol. The van der Waals surface area contributed by atoms with Gasteiger partial charge >= 0.3 is 6.18 Å². The lowest BCUT2D eigenvalue weighted by molar-refractivity contribution is -0.137. The van der Waals surface area contributed by atoms with Gasteiger partial charge in [-0.2, -0.15) is 23.4 Å². The van der Waals surface area contributed by atoms with Crippen LogP contribution in [0.25, 0.3) is 11.3 Å². The molecule has 5 nitrogen and oxygen atoms in total. The molecule has 2 aromatic carbocycles. The van der Waals surface area contributed by atoms with Gasteiger partial charge in [0.15, 0.2) is 0 Å². The fraction of sp³-hybridized carbons (Fsp3) is 0.150. The van der Waals surface area contributed by atoms with Crippen molar-refractivity contribution in [3.8, 4) is 11.3 Å². The van der Waals surface area contributed by atoms with Crippen molar-refractivity contribution < 1.29 is 18.0 Å². The highest BCUT2D eigenvalue weighted by atomic mass is 19.4. The number of hydrogen-bond donors (Lipinski definition) is 2. The molecule has 0 bridgehead atoms.